The molecule has 0 radical (unpaired) electrons. The van der Waals surface area contributed by atoms with Gasteiger partial charge in [-0.25, -0.2) is 0 Å². The number of carbonyl (C=O) groups excluding carboxylic acids is 3. The molecule has 184 valence electrons. The van der Waals surface area contributed by atoms with Crippen LogP contribution in [0.25, 0.3) is 0 Å². The lowest BCUT2D eigenvalue weighted by Crippen LogP contribution is -2.43. The quantitative estimate of drug-likeness (QED) is 0.307. The molecule has 11 heteroatoms. The smallest absolute Gasteiger partial charge is 0.273 e. The third-order valence-corrected chi connectivity index (χ3v) is 7.13. The molecule has 0 bridgehead atoms. The molecule has 0 aliphatic heterocycles. The third kappa shape index (κ3) is 5.21. The minimum absolute atomic E-state index is 0.0111. The normalized spacial score (nSPS) is 11.5. The fourth-order valence-corrected chi connectivity index (χ4v) is 5.12. The topological polar surface area (TPSA) is 141 Å². The van der Waals surface area contributed by atoms with Crippen LogP contribution in [0.1, 0.15) is 36.6 Å². The molecule has 0 spiro atoms. The zero-order chi connectivity index (χ0) is 25.7. The summed E-state index contributed by atoms with van der Waals surface area (Å²) in [5, 5.41) is 4.77. The Labute approximate surface area is 215 Å². The molecule has 2 aromatic heterocycles. The van der Waals surface area contributed by atoms with Crippen LogP contribution in [-0.4, -0.2) is 29.2 Å². The van der Waals surface area contributed by atoms with E-state index in [0.29, 0.717) is 16.3 Å². The van der Waals surface area contributed by atoms with Gasteiger partial charge in [0.1, 0.15) is 10.6 Å². The molecule has 0 saturated carbocycles. The van der Waals surface area contributed by atoms with Crippen LogP contribution in [0.4, 0.5) is 11.4 Å². The van der Waals surface area contributed by atoms with Crippen molar-refractivity contribution in [1.82, 2.24) is 9.69 Å². The van der Waals surface area contributed by atoms with Crippen molar-refractivity contribution >= 4 is 52.0 Å². The highest BCUT2D eigenvalue weighted by atomic mass is 32.1. The van der Waals surface area contributed by atoms with Crippen LogP contribution in [-0.2, 0) is 11.3 Å². The molecular formula is C25H23N5O4S2. The van der Waals surface area contributed by atoms with Crippen molar-refractivity contribution in [1.29, 1.82) is 0 Å². The molecule has 2 aromatic carbocycles. The van der Waals surface area contributed by atoms with Crippen molar-refractivity contribution in [3.8, 4) is 5.75 Å². The van der Waals surface area contributed by atoms with E-state index in [4.69, 9.17) is 16.2 Å². The van der Waals surface area contributed by atoms with Gasteiger partial charge in [0.15, 0.2) is 11.7 Å². The van der Waals surface area contributed by atoms with E-state index in [-0.39, 0.29) is 28.7 Å². The molecule has 1 atom stereocenters. The molecule has 4 aromatic rings. The minimum Gasteiger partial charge on any atom is -0.497 e. The van der Waals surface area contributed by atoms with Crippen molar-refractivity contribution in [3.63, 3.8) is 0 Å². The van der Waals surface area contributed by atoms with Crippen LogP contribution < -0.4 is 26.4 Å². The van der Waals surface area contributed by atoms with Gasteiger partial charge in [-0.1, -0.05) is 36.4 Å². The number of nitrogens with zero attached hydrogens (tertiary/aromatic N) is 2. The Hall–Kier alpha value is -4.22. The van der Waals surface area contributed by atoms with E-state index < -0.39 is 17.9 Å². The van der Waals surface area contributed by atoms with Crippen LogP contribution in [0.5, 0.6) is 5.75 Å². The first-order valence-electron chi connectivity index (χ1n) is 10.8. The van der Waals surface area contributed by atoms with E-state index in [9.17, 15) is 14.4 Å². The second-order valence-electron chi connectivity index (χ2n) is 7.63. The molecule has 9 nitrogen and oxygen atoms in total. The lowest BCUT2D eigenvalue weighted by molar-refractivity contribution is -0.122. The predicted molar refractivity (Wildman–Crippen MR) is 140 cm³/mol. The van der Waals surface area contributed by atoms with E-state index in [0.717, 1.165) is 17.1 Å². The number of hydrogen-bond acceptors (Lipinski definition) is 8. The van der Waals surface area contributed by atoms with Crippen LogP contribution in [0, 0.1) is 0 Å². The number of aromatic nitrogens is 1. The van der Waals surface area contributed by atoms with Gasteiger partial charge in [-0.15, -0.1) is 11.3 Å². The average Bonchev–Trinajstić information content (AvgIpc) is 3.56. The van der Waals surface area contributed by atoms with Crippen LogP contribution >= 0.6 is 22.9 Å². The summed E-state index contributed by atoms with van der Waals surface area (Å²) in [4.78, 5) is 41.3. The second-order valence-corrected chi connectivity index (χ2v) is 9.39. The first kappa shape index (κ1) is 24.9. The van der Waals surface area contributed by atoms with E-state index in [1.54, 1.807) is 36.4 Å². The van der Waals surface area contributed by atoms with Crippen LogP contribution in [0.15, 0.2) is 72.1 Å². The number of primary amides is 1. The maximum atomic E-state index is 13.9. The van der Waals surface area contributed by atoms with Gasteiger partial charge in [0.25, 0.3) is 11.8 Å². The molecular weight excluding hydrogens is 498 g/mol. The zero-order valence-electron chi connectivity index (χ0n) is 19.2. The van der Waals surface area contributed by atoms with E-state index in [1.165, 1.54) is 23.3 Å². The van der Waals surface area contributed by atoms with Crippen molar-refractivity contribution in [2.75, 3.05) is 17.7 Å². The highest BCUT2D eigenvalue weighted by Gasteiger charge is 2.36. The van der Waals surface area contributed by atoms with E-state index in [1.807, 2.05) is 35.7 Å². The van der Waals surface area contributed by atoms with Gasteiger partial charge in [0.2, 0.25) is 5.91 Å². The van der Waals surface area contributed by atoms with E-state index >= 15 is 0 Å². The number of nitrogens with one attached hydrogen (secondary N) is 1. The number of anilines is 2. The van der Waals surface area contributed by atoms with Crippen LogP contribution in [0.3, 0.4) is 0 Å². The molecule has 4 rings (SSSR count). The number of nitrogen functional groups attached to an aromatic ring is 1. The van der Waals surface area contributed by atoms with Crippen molar-refractivity contribution in [2.45, 2.75) is 12.6 Å². The Morgan fingerprint density at radius 2 is 1.78 bits per heavy atom. The second kappa shape index (κ2) is 11.0. The summed E-state index contributed by atoms with van der Waals surface area (Å²) in [6.07, 6.45) is 0. The molecule has 0 unspecified atom stereocenters. The van der Waals surface area contributed by atoms with Crippen molar-refractivity contribution < 1.29 is 19.1 Å². The monoisotopic (exact) mass is 521 g/mol. The van der Waals surface area contributed by atoms with Crippen molar-refractivity contribution in [3.05, 3.63) is 93.1 Å². The van der Waals surface area contributed by atoms with Gasteiger partial charge in [0.05, 0.1) is 12.8 Å². The number of benzene rings is 2. The standard InChI is InChI=1S/C25H23N5O4S2/c1-34-17-11-9-16(10-12-17)30(25(33)22-19(26)20(23(27)31)29-36-22)21(18-8-5-13-35-18)24(32)28-14-15-6-3-2-4-7-15/h2-13,21H,14,26H2,1H3,(H2,27,31)(H,28,32)/t21-/m0/s1. The molecule has 0 saturated heterocycles. The highest BCUT2D eigenvalue weighted by Crippen LogP contribution is 2.35. The first-order valence-corrected chi connectivity index (χ1v) is 12.4. The van der Waals surface area contributed by atoms with Gasteiger partial charge in [-0.3, -0.25) is 19.3 Å². The fraction of sp³-hybridized carbons (Fsp3) is 0.120. The summed E-state index contributed by atoms with van der Waals surface area (Å²) in [5.74, 6) is -1.23. The number of carbonyl (C=O) groups is 3. The maximum Gasteiger partial charge on any atom is 0.273 e. The first-order chi connectivity index (χ1) is 17.4. The number of methoxy groups -OCH3 is 1. The summed E-state index contributed by atoms with van der Waals surface area (Å²) >= 11 is 2.10. The molecule has 5 N–H and O–H groups in total. The lowest BCUT2D eigenvalue weighted by atomic mass is 10.1. The van der Waals surface area contributed by atoms with E-state index in [2.05, 4.69) is 9.69 Å². The SMILES string of the molecule is COc1ccc(N(C(=O)c2snc(C(N)=O)c2N)[C@H](C(=O)NCc2ccccc2)c2cccs2)cc1. The van der Waals surface area contributed by atoms with Crippen LogP contribution in [0.2, 0.25) is 0 Å². The molecule has 36 heavy (non-hydrogen) atoms. The molecule has 0 aliphatic rings. The number of ether oxygens (including phenoxy) is 1. The third-order valence-electron chi connectivity index (χ3n) is 5.35. The number of amides is 3. The minimum atomic E-state index is -1.02. The lowest BCUT2D eigenvalue weighted by Gasteiger charge is -2.30. The van der Waals surface area contributed by atoms with Gasteiger partial charge in [-0.05, 0) is 52.8 Å². The van der Waals surface area contributed by atoms with Gasteiger partial charge < -0.3 is 21.5 Å². The Morgan fingerprint density at radius 1 is 1.06 bits per heavy atom. The van der Waals surface area contributed by atoms with Gasteiger partial charge >= 0.3 is 0 Å². The summed E-state index contributed by atoms with van der Waals surface area (Å²) in [6, 6.07) is 18.8. The van der Waals surface area contributed by atoms with Gasteiger partial charge in [-0.2, -0.15) is 4.37 Å². The molecule has 2 heterocycles. The summed E-state index contributed by atoms with van der Waals surface area (Å²) in [5.41, 5.74) is 12.5. The molecule has 0 fully saturated rings. The number of rotatable bonds is 9. The summed E-state index contributed by atoms with van der Waals surface area (Å²) in [7, 11) is 1.53. The summed E-state index contributed by atoms with van der Waals surface area (Å²) < 4.78 is 9.21. The zero-order valence-corrected chi connectivity index (χ0v) is 20.8. The maximum absolute atomic E-state index is 13.9. The highest BCUT2D eigenvalue weighted by molar-refractivity contribution is 7.10. The summed E-state index contributed by atoms with van der Waals surface area (Å²) in [6.45, 7) is 0.278. The average molecular weight is 522 g/mol. The Kier molecular flexibility index (Phi) is 7.62. The largest absolute Gasteiger partial charge is 0.497 e. The van der Waals surface area contributed by atoms with Crippen molar-refractivity contribution in [2.24, 2.45) is 5.73 Å². The Morgan fingerprint density at radius 3 is 2.36 bits per heavy atom. The fourth-order valence-electron chi connectivity index (χ4n) is 3.57. The molecule has 0 aliphatic carbocycles. The number of nitrogens with two attached hydrogens (primary N) is 2. The number of hydrogen-bond donors (Lipinski definition) is 3. The Bertz CT molecular complexity index is 1360. The number of thiophene rings is 1. The predicted octanol–water partition coefficient (Wildman–Crippen LogP) is 3.60. The molecule has 3 amide bonds. The Balaban J connectivity index is 1.78. The van der Waals surface area contributed by atoms with Gasteiger partial charge in [0, 0.05) is 17.1 Å².